The Balaban J connectivity index is 2.98. The van der Waals surface area contributed by atoms with Crippen molar-refractivity contribution in [2.24, 2.45) is 0 Å². The summed E-state index contributed by atoms with van der Waals surface area (Å²) in [5.74, 6) is -1.79. The third-order valence-corrected chi connectivity index (χ3v) is 1.42. The van der Waals surface area contributed by atoms with Gasteiger partial charge in [0.25, 0.3) is 0 Å². The smallest absolute Gasteiger partial charge is 0.196 e. The second kappa shape index (κ2) is 3.85. The van der Waals surface area contributed by atoms with Crippen molar-refractivity contribution in [2.45, 2.75) is 0 Å². The lowest BCUT2D eigenvalue weighted by atomic mass is 10.3. The molecular weight excluding hydrogens is 179 g/mol. The maximum atomic E-state index is 12.8. The topological polar surface area (TPSA) is 12.0 Å². The minimum Gasteiger partial charge on any atom is -0.372 e. The third kappa shape index (κ3) is 1.94. The van der Waals surface area contributed by atoms with Crippen molar-refractivity contribution in [3.63, 3.8) is 0 Å². The molecule has 0 aromatic heterocycles. The Morgan fingerprint density at radius 2 is 1.92 bits per heavy atom. The average molecular weight is 185 g/mol. The van der Waals surface area contributed by atoms with Crippen LogP contribution in [0.4, 0.5) is 18.9 Å². The normalized spacial score (nSPS) is 9.38. The van der Waals surface area contributed by atoms with Crippen LogP contribution in [0.2, 0.25) is 0 Å². The van der Waals surface area contributed by atoms with Crippen LogP contribution in [-0.4, -0.2) is 6.54 Å². The van der Waals surface area contributed by atoms with Crippen LogP contribution in [0, 0.1) is 29.8 Å². The summed E-state index contributed by atoms with van der Waals surface area (Å²) >= 11 is 0. The average Bonchev–Trinajstić information content (AvgIpc) is 2.13. The number of hydrogen-bond acceptors (Lipinski definition) is 1. The van der Waals surface area contributed by atoms with Crippen molar-refractivity contribution in [2.75, 3.05) is 11.9 Å². The Morgan fingerprint density at radius 3 is 2.54 bits per heavy atom. The molecule has 13 heavy (non-hydrogen) atoms. The molecule has 0 aliphatic heterocycles. The second-order valence-corrected chi connectivity index (χ2v) is 2.28. The summed E-state index contributed by atoms with van der Waals surface area (Å²) in [4.78, 5) is 0. The summed E-state index contributed by atoms with van der Waals surface area (Å²) in [5, 5.41) is 2.41. The summed E-state index contributed by atoms with van der Waals surface area (Å²) < 4.78 is 37.8. The molecule has 0 aliphatic rings. The molecule has 4 heteroatoms. The Bertz CT molecular complexity index is 355. The zero-order valence-corrected chi connectivity index (χ0v) is 6.57. The fraction of sp³-hybridized carbons (Fsp3) is 0.111. The van der Waals surface area contributed by atoms with Crippen LogP contribution in [0.5, 0.6) is 0 Å². The molecule has 1 aromatic carbocycles. The minimum absolute atomic E-state index is 0.0575. The number of anilines is 1. The number of hydrogen-bond donors (Lipinski definition) is 1. The van der Waals surface area contributed by atoms with Crippen molar-refractivity contribution in [1.29, 1.82) is 0 Å². The monoisotopic (exact) mass is 185 g/mol. The van der Waals surface area contributed by atoms with Crippen LogP contribution in [-0.2, 0) is 0 Å². The van der Waals surface area contributed by atoms with Gasteiger partial charge in [0.2, 0.25) is 0 Å². The Labute approximate surface area is 73.6 Å². The molecular formula is C9H6F3N. The number of nitrogens with one attached hydrogen (secondary N) is 1. The van der Waals surface area contributed by atoms with E-state index in [1.165, 1.54) is 0 Å². The molecule has 0 radical (unpaired) electrons. The fourth-order valence-corrected chi connectivity index (χ4v) is 0.809. The van der Waals surface area contributed by atoms with E-state index in [2.05, 4.69) is 11.2 Å². The van der Waals surface area contributed by atoms with Crippen LogP contribution in [0.25, 0.3) is 0 Å². The summed E-state index contributed by atoms with van der Waals surface area (Å²) in [7, 11) is 0. The Morgan fingerprint density at radius 1 is 1.23 bits per heavy atom. The second-order valence-electron chi connectivity index (χ2n) is 2.28. The van der Waals surface area contributed by atoms with Crippen molar-refractivity contribution >= 4 is 5.69 Å². The molecule has 0 saturated heterocycles. The Kier molecular flexibility index (Phi) is 2.80. The summed E-state index contributed by atoms with van der Waals surface area (Å²) in [5.41, 5.74) is -0.142. The first kappa shape index (κ1) is 9.46. The van der Waals surface area contributed by atoms with Crippen LogP contribution in [0.1, 0.15) is 0 Å². The van der Waals surface area contributed by atoms with E-state index in [-0.39, 0.29) is 12.2 Å². The largest absolute Gasteiger partial charge is 0.372 e. The highest BCUT2D eigenvalue weighted by Gasteiger charge is 2.12. The van der Waals surface area contributed by atoms with E-state index in [1.807, 2.05) is 0 Å². The van der Waals surface area contributed by atoms with Gasteiger partial charge in [-0.25, -0.2) is 13.2 Å². The lowest BCUT2D eigenvalue weighted by Gasteiger charge is -2.04. The predicted molar refractivity (Wildman–Crippen MR) is 43.6 cm³/mol. The first-order valence-corrected chi connectivity index (χ1v) is 3.47. The summed E-state index contributed by atoms with van der Waals surface area (Å²) in [6, 6.07) is 1.92. The fourth-order valence-electron chi connectivity index (χ4n) is 0.809. The van der Waals surface area contributed by atoms with Crippen molar-refractivity contribution in [3.8, 4) is 12.3 Å². The van der Waals surface area contributed by atoms with Gasteiger partial charge in [0.15, 0.2) is 17.5 Å². The molecule has 0 fully saturated rings. The predicted octanol–water partition coefficient (Wildman–Crippen LogP) is 2.15. The van der Waals surface area contributed by atoms with Crippen LogP contribution in [0.15, 0.2) is 12.1 Å². The number of halogens is 3. The van der Waals surface area contributed by atoms with Gasteiger partial charge in [-0.3, -0.25) is 0 Å². The maximum Gasteiger partial charge on any atom is 0.196 e. The van der Waals surface area contributed by atoms with E-state index in [0.29, 0.717) is 0 Å². The molecule has 1 N–H and O–H groups in total. The highest BCUT2D eigenvalue weighted by atomic mass is 19.2. The lowest BCUT2D eigenvalue weighted by molar-refractivity contribution is 0.449. The van der Waals surface area contributed by atoms with Gasteiger partial charge < -0.3 is 5.32 Å². The van der Waals surface area contributed by atoms with E-state index in [4.69, 9.17) is 6.42 Å². The summed E-state index contributed by atoms with van der Waals surface area (Å²) in [6.07, 6.45) is 4.89. The zero-order valence-electron chi connectivity index (χ0n) is 6.57. The van der Waals surface area contributed by atoms with Gasteiger partial charge in [-0.2, -0.15) is 0 Å². The van der Waals surface area contributed by atoms with E-state index in [1.54, 1.807) is 0 Å². The molecule has 0 amide bonds. The van der Waals surface area contributed by atoms with Gasteiger partial charge in [0.05, 0.1) is 12.2 Å². The zero-order chi connectivity index (χ0) is 9.84. The quantitative estimate of drug-likeness (QED) is 0.549. The third-order valence-electron chi connectivity index (χ3n) is 1.42. The number of terminal acetylenes is 1. The molecule has 1 nitrogen and oxygen atoms in total. The van der Waals surface area contributed by atoms with Crippen LogP contribution < -0.4 is 5.32 Å². The van der Waals surface area contributed by atoms with Gasteiger partial charge in [-0.1, -0.05) is 5.92 Å². The SMILES string of the molecule is C#CCNc1ccc(F)c(F)c1F. The maximum absolute atomic E-state index is 12.8. The standard InChI is InChI=1S/C9H6F3N/c1-2-5-13-7-4-3-6(10)8(11)9(7)12/h1,3-4,13H,5H2. The molecule has 1 rings (SSSR count). The number of rotatable bonds is 2. The van der Waals surface area contributed by atoms with E-state index < -0.39 is 17.5 Å². The molecule has 0 aliphatic carbocycles. The molecule has 68 valence electrons. The van der Waals surface area contributed by atoms with Crippen molar-refractivity contribution in [3.05, 3.63) is 29.6 Å². The molecule has 0 unspecified atom stereocenters. The first-order chi connectivity index (χ1) is 6.16. The Hall–Kier alpha value is -1.63. The highest BCUT2D eigenvalue weighted by Crippen LogP contribution is 2.18. The van der Waals surface area contributed by atoms with Gasteiger partial charge in [0.1, 0.15) is 0 Å². The molecule has 0 heterocycles. The molecule has 0 spiro atoms. The first-order valence-electron chi connectivity index (χ1n) is 3.47. The van der Waals surface area contributed by atoms with E-state index in [9.17, 15) is 13.2 Å². The van der Waals surface area contributed by atoms with Crippen LogP contribution >= 0.6 is 0 Å². The number of benzene rings is 1. The van der Waals surface area contributed by atoms with Gasteiger partial charge in [0, 0.05) is 0 Å². The molecule has 0 saturated carbocycles. The van der Waals surface area contributed by atoms with E-state index in [0.717, 1.165) is 12.1 Å². The summed E-state index contributed by atoms with van der Waals surface area (Å²) in [6.45, 7) is 0.0575. The van der Waals surface area contributed by atoms with Crippen molar-refractivity contribution < 1.29 is 13.2 Å². The lowest BCUT2D eigenvalue weighted by Crippen LogP contribution is -2.03. The molecule has 0 bridgehead atoms. The van der Waals surface area contributed by atoms with Gasteiger partial charge in [-0.15, -0.1) is 6.42 Å². The van der Waals surface area contributed by atoms with Crippen molar-refractivity contribution in [1.82, 2.24) is 0 Å². The van der Waals surface area contributed by atoms with Gasteiger partial charge >= 0.3 is 0 Å². The van der Waals surface area contributed by atoms with Crippen LogP contribution in [0.3, 0.4) is 0 Å². The highest BCUT2D eigenvalue weighted by molar-refractivity contribution is 5.46. The van der Waals surface area contributed by atoms with Gasteiger partial charge in [-0.05, 0) is 12.1 Å². The minimum atomic E-state index is -1.50. The van der Waals surface area contributed by atoms with E-state index >= 15 is 0 Å². The molecule has 0 atom stereocenters. The molecule has 1 aromatic rings.